The number of hydrogen-bond donors (Lipinski definition) is 2. The summed E-state index contributed by atoms with van der Waals surface area (Å²) in [4.78, 5) is 22.8. The van der Waals surface area contributed by atoms with Crippen LogP contribution < -0.4 is 5.32 Å². The van der Waals surface area contributed by atoms with Crippen LogP contribution in [-0.4, -0.2) is 55.9 Å². The van der Waals surface area contributed by atoms with Gasteiger partial charge in [-0.2, -0.15) is 10.1 Å². The van der Waals surface area contributed by atoms with Crippen molar-refractivity contribution < 1.29 is 9.90 Å². The molecule has 2 aromatic heterocycles. The number of carbonyl (C=O) groups is 1. The summed E-state index contributed by atoms with van der Waals surface area (Å²) in [6.07, 6.45) is 3.17. The molecule has 2 N–H and O–H groups in total. The Bertz CT molecular complexity index is 978. The largest absolute Gasteiger partial charge is 0.395 e. The SMILES string of the molecule is Cc1cc(C)cc(Nc2nccc(-n3ncc(C(=O)N(C)CCO)c3C)n2)c1. The van der Waals surface area contributed by atoms with Gasteiger partial charge in [-0.25, -0.2) is 9.67 Å². The molecule has 0 radical (unpaired) electrons. The molecule has 3 rings (SSSR count). The minimum Gasteiger partial charge on any atom is -0.395 e. The molecule has 1 amide bonds. The summed E-state index contributed by atoms with van der Waals surface area (Å²) < 4.78 is 1.61. The maximum absolute atomic E-state index is 12.5. The lowest BCUT2D eigenvalue weighted by molar-refractivity contribution is 0.0766. The monoisotopic (exact) mass is 380 g/mol. The van der Waals surface area contributed by atoms with Gasteiger partial charge in [0, 0.05) is 31.5 Å². The number of aromatic nitrogens is 4. The van der Waals surface area contributed by atoms with Gasteiger partial charge in [0.05, 0.1) is 24.1 Å². The fraction of sp³-hybridized carbons (Fsp3) is 0.300. The second-order valence-corrected chi connectivity index (χ2v) is 6.75. The van der Waals surface area contributed by atoms with Gasteiger partial charge in [-0.1, -0.05) is 6.07 Å². The number of rotatable bonds is 6. The van der Waals surface area contributed by atoms with Crippen molar-refractivity contribution in [2.75, 3.05) is 25.5 Å². The highest BCUT2D eigenvalue weighted by Gasteiger charge is 2.19. The van der Waals surface area contributed by atoms with Crippen LogP contribution in [0.25, 0.3) is 5.82 Å². The number of aliphatic hydroxyl groups excluding tert-OH is 1. The van der Waals surface area contributed by atoms with E-state index in [1.54, 1.807) is 24.0 Å². The van der Waals surface area contributed by atoms with E-state index >= 15 is 0 Å². The molecule has 0 saturated heterocycles. The number of likely N-dealkylation sites (N-methyl/N-ethyl adjacent to an activating group) is 1. The van der Waals surface area contributed by atoms with E-state index in [1.165, 1.54) is 11.1 Å². The zero-order chi connectivity index (χ0) is 20.3. The predicted octanol–water partition coefficient (Wildman–Crippen LogP) is 2.40. The van der Waals surface area contributed by atoms with Crippen LogP contribution in [0.4, 0.5) is 11.6 Å². The molecule has 0 saturated carbocycles. The van der Waals surface area contributed by atoms with Crippen molar-refractivity contribution in [2.45, 2.75) is 20.8 Å². The molecule has 8 heteroatoms. The van der Waals surface area contributed by atoms with E-state index < -0.39 is 0 Å². The topological polar surface area (TPSA) is 96.2 Å². The second-order valence-electron chi connectivity index (χ2n) is 6.75. The molecular weight excluding hydrogens is 356 g/mol. The normalized spacial score (nSPS) is 10.8. The molecule has 2 heterocycles. The average Bonchev–Trinajstić information content (AvgIpc) is 3.02. The summed E-state index contributed by atoms with van der Waals surface area (Å²) in [6.45, 7) is 6.06. The summed E-state index contributed by atoms with van der Waals surface area (Å²) in [5.41, 5.74) is 4.35. The van der Waals surface area contributed by atoms with E-state index in [-0.39, 0.29) is 19.1 Å². The minimum atomic E-state index is -0.194. The van der Waals surface area contributed by atoms with Crippen LogP contribution in [0.15, 0.2) is 36.7 Å². The molecule has 1 aromatic carbocycles. The quantitative estimate of drug-likeness (QED) is 0.682. The van der Waals surface area contributed by atoms with Crippen LogP contribution in [0.5, 0.6) is 0 Å². The van der Waals surface area contributed by atoms with Gasteiger partial charge in [-0.15, -0.1) is 0 Å². The molecule has 0 fully saturated rings. The molecule has 8 nitrogen and oxygen atoms in total. The number of aryl methyl sites for hydroxylation is 2. The van der Waals surface area contributed by atoms with Crippen molar-refractivity contribution in [1.82, 2.24) is 24.6 Å². The van der Waals surface area contributed by atoms with Gasteiger partial charge in [-0.3, -0.25) is 4.79 Å². The maximum Gasteiger partial charge on any atom is 0.257 e. The lowest BCUT2D eigenvalue weighted by Crippen LogP contribution is -2.29. The first kappa shape index (κ1) is 19.5. The van der Waals surface area contributed by atoms with Gasteiger partial charge in [0.15, 0.2) is 5.82 Å². The summed E-state index contributed by atoms with van der Waals surface area (Å²) in [6, 6.07) is 7.88. The van der Waals surface area contributed by atoms with E-state index in [0.717, 1.165) is 16.8 Å². The Morgan fingerprint density at radius 3 is 2.61 bits per heavy atom. The molecule has 0 spiro atoms. The molecule has 28 heavy (non-hydrogen) atoms. The lowest BCUT2D eigenvalue weighted by Gasteiger charge is -2.15. The highest BCUT2D eigenvalue weighted by molar-refractivity contribution is 5.95. The standard InChI is InChI=1S/C20H24N6O2/c1-13-9-14(2)11-16(10-13)23-20-21-6-5-18(24-20)26-15(3)17(12-22-26)19(28)25(4)7-8-27/h5-6,9-12,27H,7-8H2,1-4H3,(H,21,23,24). The van der Waals surface area contributed by atoms with Gasteiger partial charge < -0.3 is 15.3 Å². The summed E-state index contributed by atoms with van der Waals surface area (Å²) in [7, 11) is 1.64. The van der Waals surface area contributed by atoms with Crippen molar-refractivity contribution in [1.29, 1.82) is 0 Å². The number of aliphatic hydroxyl groups is 1. The fourth-order valence-corrected chi connectivity index (χ4v) is 3.01. The first-order valence-electron chi connectivity index (χ1n) is 8.98. The molecule has 3 aromatic rings. The molecule has 0 aliphatic carbocycles. The smallest absolute Gasteiger partial charge is 0.257 e. The van der Waals surface area contributed by atoms with E-state index in [4.69, 9.17) is 5.11 Å². The number of benzene rings is 1. The summed E-state index contributed by atoms with van der Waals surface area (Å²) in [5.74, 6) is 0.811. The van der Waals surface area contributed by atoms with Crippen LogP contribution in [0.1, 0.15) is 27.2 Å². The number of hydrogen-bond acceptors (Lipinski definition) is 6. The number of carbonyl (C=O) groups excluding carboxylic acids is 1. The third kappa shape index (κ3) is 4.17. The van der Waals surface area contributed by atoms with Crippen molar-refractivity contribution in [3.63, 3.8) is 0 Å². The Morgan fingerprint density at radius 2 is 1.93 bits per heavy atom. The predicted molar refractivity (Wildman–Crippen MR) is 107 cm³/mol. The average molecular weight is 380 g/mol. The van der Waals surface area contributed by atoms with E-state index in [2.05, 4.69) is 26.4 Å². The fourth-order valence-electron chi connectivity index (χ4n) is 3.01. The zero-order valence-electron chi connectivity index (χ0n) is 16.5. The number of anilines is 2. The van der Waals surface area contributed by atoms with Crippen LogP contribution in [0.3, 0.4) is 0 Å². The van der Waals surface area contributed by atoms with Gasteiger partial charge in [0.2, 0.25) is 5.95 Å². The zero-order valence-corrected chi connectivity index (χ0v) is 16.5. The number of nitrogens with one attached hydrogen (secondary N) is 1. The Labute approximate surface area is 163 Å². The van der Waals surface area contributed by atoms with E-state index in [9.17, 15) is 4.79 Å². The van der Waals surface area contributed by atoms with Gasteiger partial charge in [0.1, 0.15) is 0 Å². The van der Waals surface area contributed by atoms with Crippen molar-refractivity contribution >= 4 is 17.5 Å². The number of amides is 1. The van der Waals surface area contributed by atoms with Crippen molar-refractivity contribution in [3.05, 3.63) is 59.0 Å². The third-order valence-corrected chi connectivity index (χ3v) is 4.36. The minimum absolute atomic E-state index is 0.0885. The van der Waals surface area contributed by atoms with E-state index in [1.807, 2.05) is 32.9 Å². The van der Waals surface area contributed by atoms with Crippen LogP contribution in [0, 0.1) is 20.8 Å². The molecule has 0 aliphatic heterocycles. The molecule has 146 valence electrons. The molecule has 0 atom stereocenters. The van der Waals surface area contributed by atoms with Crippen LogP contribution in [-0.2, 0) is 0 Å². The summed E-state index contributed by atoms with van der Waals surface area (Å²) in [5, 5.41) is 16.6. The Morgan fingerprint density at radius 1 is 1.21 bits per heavy atom. The summed E-state index contributed by atoms with van der Waals surface area (Å²) >= 11 is 0. The molecule has 0 bridgehead atoms. The van der Waals surface area contributed by atoms with Gasteiger partial charge in [0.25, 0.3) is 5.91 Å². The first-order chi connectivity index (χ1) is 13.4. The molecule has 0 unspecified atom stereocenters. The van der Waals surface area contributed by atoms with Crippen molar-refractivity contribution in [2.24, 2.45) is 0 Å². The number of nitrogens with zero attached hydrogens (tertiary/aromatic N) is 5. The van der Waals surface area contributed by atoms with Gasteiger partial charge >= 0.3 is 0 Å². The first-order valence-corrected chi connectivity index (χ1v) is 8.98. The third-order valence-electron chi connectivity index (χ3n) is 4.36. The maximum atomic E-state index is 12.5. The molecule has 0 aliphatic rings. The highest BCUT2D eigenvalue weighted by Crippen LogP contribution is 2.19. The van der Waals surface area contributed by atoms with Gasteiger partial charge in [-0.05, 0) is 44.0 Å². The Hall–Kier alpha value is -3.26. The highest BCUT2D eigenvalue weighted by atomic mass is 16.3. The van der Waals surface area contributed by atoms with E-state index in [0.29, 0.717) is 23.0 Å². The van der Waals surface area contributed by atoms with Crippen molar-refractivity contribution in [3.8, 4) is 5.82 Å². The Balaban J connectivity index is 1.87. The Kier molecular flexibility index (Phi) is 5.70. The van der Waals surface area contributed by atoms with Crippen LogP contribution in [0.2, 0.25) is 0 Å². The lowest BCUT2D eigenvalue weighted by atomic mass is 10.1. The second kappa shape index (κ2) is 8.18. The van der Waals surface area contributed by atoms with Crippen LogP contribution >= 0.6 is 0 Å². The molecular formula is C20H24N6O2.